The van der Waals surface area contributed by atoms with Crippen molar-refractivity contribution < 1.29 is 32.9 Å². The van der Waals surface area contributed by atoms with Gasteiger partial charge in [-0.3, -0.25) is 13.9 Å². The van der Waals surface area contributed by atoms with Crippen molar-refractivity contribution in [2.75, 3.05) is 18.9 Å². The van der Waals surface area contributed by atoms with Gasteiger partial charge in [0.1, 0.15) is 18.4 Å². The Morgan fingerprint density at radius 2 is 1.88 bits per heavy atom. The second kappa shape index (κ2) is 19.1. The number of ether oxygens (including phenoxy) is 2. The van der Waals surface area contributed by atoms with Gasteiger partial charge in [-0.25, -0.2) is 10.1 Å². The Balaban J connectivity index is 1.39. The Kier molecular flexibility index (Phi) is 15.0. The fourth-order valence-corrected chi connectivity index (χ4v) is 7.01. The van der Waals surface area contributed by atoms with Gasteiger partial charge in [0.25, 0.3) is 8.18 Å². The number of benzene rings is 1. The zero-order chi connectivity index (χ0) is 35.2. The molecule has 1 saturated heterocycles. The lowest BCUT2D eigenvalue weighted by Crippen LogP contribution is -2.43. The highest BCUT2D eigenvalue weighted by atomic mass is 31.1. The number of terminal acetylenes is 1. The summed E-state index contributed by atoms with van der Waals surface area (Å²) < 4.78 is 46.2. The maximum Gasteiger partial charge on any atom is 0.323 e. The van der Waals surface area contributed by atoms with Crippen molar-refractivity contribution in [1.82, 2.24) is 24.6 Å². The van der Waals surface area contributed by atoms with E-state index in [1.165, 1.54) is 23.7 Å². The summed E-state index contributed by atoms with van der Waals surface area (Å²) in [5.74, 6) is 2.05. The highest BCUT2D eigenvalue weighted by Crippen LogP contribution is 2.39. The molecule has 268 valence electrons. The first-order valence-electron chi connectivity index (χ1n) is 17.3. The van der Waals surface area contributed by atoms with Gasteiger partial charge in [-0.1, -0.05) is 101 Å². The largest absolute Gasteiger partial charge is 0.464 e. The smallest absolute Gasteiger partial charge is 0.323 e. The number of fused-ring (bicyclic) bond motifs is 1. The number of esters is 1. The Labute approximate surface area is 288 Å². The van der Waals surface area contributed by atoms with E-state index >= 15 is 0 Å². The predicted molar refractivity (Wildman–Crippen MR) is 186 cm³/mol. The average molecular weight is 701 g/mol. The number of nitrogens with two attached hydrogens (primary N) is 1. The standard InChI is InChI=1S/C35H50FN6O6P/c1-4-7-9-12-18-26(19-13-10-8-5-2)22-46-33(44)27(20-25-16-14-11-15-17-25)41-49(45)47-23-35(6-3)28(43)21-29(48-35)42-24-38-30-31(37)39-34(36)40-32(30)42/h3,11,14-17,24,26-29,43,49H,4-5,7-10,12-13,18-23H2,1-2H3,(H,41,45)(H2,37,39,40)/t27-,28-,29+,35+/m0/s1. The summed E-state index contributed by atoms with van der Waals surface area (Å²) in [6, 6.07) is 8.42. The number of hydrogen-bond donors (Lipinski definition) is 3. The van der Waals surface area contributed by atoms with Gasteiger partial charge < -0.3 is 24.8 Å². The van der Waals surface area contributed by atoms with Crippen LogP contribution in [0.3, 0.4) is 0 Å². The van der Waals surface area contributed by atoms with Gasteiger partial charge in [0, 0.05) is 6.42 Å². The SMILES string of the molecule is C#C[C@]1(CO[PH](=O)N[C@@H](Cc2ccccc2)C(=O)OCC(CCCCCC)CCCCCC)O[C@@H](n2cnc3c(N)nc(F)nc32)C[C@@H]1O. The number of rotatable bonds is 21. The van der Waals surface area contributed by atoms with E-state index in [-0.39, 0.29) is 35.7 Å². The van der Waals surface area contributed by atoms with Gasteiger partial charge in [0.2, 0.25) is 0 Å². The molecule has 0 amide bonds. The Morgan fingerprint density at radius 3 is 2.53 bits per heavy atom. The van der Waals surface area contributed by atoms with Crippen LogP contribution in [-0.4, -0.2) is 61.6 Å². The van der Waals surface area contributed by atoms with Crippen LogP contribution in [0.2, 0.25) is 0 Å². The highest BCUT2D eigenvalue weighted by Gasteiger charge is 2.49. The molecule has 3 aromatic rings. The van der Waals surface area contributed by atoms with E-state index in [0.29, 0.717) is 6.61 Å². The molecule has 0 spiro atoms. The number of aliphatic hydroxyl groups excluding tert-OH is 1. The summed E-state index contributed by atoms with van der Waals surface area (Å²) in [6.07, 6.45) is 15.4. The minimum absolute atomic E-state index is 0.0140. The molecule has 5 atom stereocenters. The zero-order valence-electron chi connectivity index (χ0n) is 28.5. The molecule has 1 aromatic carbocycles. The number of aromatic nitrogens is 4. The number of carbonyl (C=O) groups excluding carboxylic acids is 1. The zero-order valence-corrected chi connectivity index (χ0v) is 29.5. The predicted octanol–water partition coefficient (Wildman–Crippen LogP) is 5.91. The van der Waals surface area contributed by atoms with Gasteiger partial charge in [-0.2, -0.15) is 14.4 Å². The van der Waals surface area contributed by atoms with Crippen molar-refractivity contribution >= 4 is 31.1 Å². The van der Waals surface area contributed by atoms with Crippen molar-refractivity contribution in [2.45, 2.75) is 115 Å². The molecule has 3 heterocycles. The van der Waals surface area contributed by atoms with Crippen LogP contribution in [0.4, 0.5) is 10.2 Å². The van der Waals surface area contributed by atoms with Crippen LogP contribution in [0, 0.1) is 24.3 Å². The van der Waals surface area contributed by atoms with E-state index in [9.17, 15) is 18.9 Å². The number of hydrogen-bond acceptors (Lipinski definition) is 10. The third kappa shape index (κ3) is 10.8. The second-order valence-corrected chi connectivity index (χ2v) is 13.9. The van der Waals surface area contributed by atoms with Gasteiger partial charge in [0.15, 0.2) is 22.6 Å². The van der Waals surface area contributed by atoms with Crippen molar-refractivity contribution in [3.8, 4) is 12.3 Å². The van der Waals surface area contributed by atoms with Crippen molar-refractivity contribution in [1.29, 1.82) is 0 Å². The monoisotopic (exact) mass is 700 g/mol. The molecule has 0 aliphatic carbocycles. The Bertz CT molecular complexity index is 1540. The van der Waals surface area contributed by atoms with Crippen LogP contribution >= 0.6 is 8.18 Å². The number of unbranched alkanes of at least 4 members (excludes halogenated alkanes) is 6. The molecular formula is C35H50FN6O6P. The molecule has 2 aromatic heterocycles. The molecule has 0 saturated carbocycles. The lowest BCUT2D eigenvalue weighted by atomic mass is 9.95. The van der Waals surface area contributed by atoms with E-state index in [1.54, 1.807) is 0 Å². The third-order valence-corrected chi connectivity index (χ3v) is 9.95. The number of nitrogens with one attached hydrogen (secondary N) is 1. The first-order valence-corrected chi connectivity index (χ1v) is 18.6. The van der Waals surface area contributed by atoms with E-state index in [1.807, 2.05) is 30.3 Å². The number of nitrogens with zero attached hydrogens (tertiary/aromatic N) is 4. The summed E-state index contributed by atoms with van der Waals surface area (Å²) >= 11 is 0. The van der Waals surface area contributed by atoms with Crippen LogP contribution in [0.15, 0.2) is 36.7 Å². The first-order chi connectivity index (χ1) is 23.7. The summed E-state index contributed by atoms with van der Waals surface area (Å²) in [5, 5.41) is 13.8. The average Bonchev–Trinajstić information content (AvgIpc) is 3.67. The molecule has 0 bridgehead atoms. The molecule has 1 aliphatic rings. The molecule has 4 N–H and O–H groups in total. The van der Waals surface area contributed by atoms with Gasteiger partial charge in [-0.15, -0.1) is 6.42 Å². The fraction of sp³-hybridized carbons (Fsp3) is 0.600. The third-order valence-electron chi connectivity index (χ3n) is 8.96. The van der Waals surface area contributed by atoms with Crippen molar-refractivity contribution in [2.24, 2.45) is 5.92 Å². The molecule has 1 unspecified atom stereocenters. The van der Waals surface area contributed by atoms with Crippen molar-refractivity contribution in [3.63, 3.8) is 0 Å². The minimum atomic E-state index is -3.10. The highest BCUT2D eigenvalue weighted by molar-refractivity contribution is 7.36. The van der Waals surface area contributed by atoms with E-state index in [0.717, 1.165) is 56.9 Å². The number of imidazole rings is 1. The molecule has 1 aliphatic heterocycles. The summed E-state index contributed by atoms with van der Waals surface area (Å²) in [7, 11) is -3.10. The van der Waals surface area contributed by atoms with E-state index < -0.39 is 50.8 Å². The second-order valence-electron chi connectivity index (χ2n) is 12.7. The summed E-state index contributed by atoms with van der Waals surface area (Å²) in [5.41, 5.74) is 5.17. The number of anilines is 1. The maximum atomic E-state index is 13.9. The first kappa shape index (κ1) is 38.4. The number of nitrogen functional groups attached to an aromatic ring is 1. The van der Waals surface area contributed by atoms with E-state index in [4.69, 9.17) is 26.2 Å². The number of aliphatic hydroxyl groups is 1. The summed E-state index contributed by atoms with van der Waals surface area (Å²) in [6.45, 7) is 4.22. The molecule has 1 fully saturated rings. The molecular weight excluding hydrogens is 650 g/mol. The van der Waals surface area contributed by atoms with Crippen LogP contribution < -0.4 is 10.8 Å². The van der Waals surface area contributed by atoms with E-state index in [2.05, 4.69) is 39.8 Å². The van der Waals surface area contributed by atoms with Crippen LogP contribution in [-0.2, 0) is 29.8 Å². The lowest BCUT2D eigenvalue weighted by Gasteiger charge is -2.27. The van der Waals surface area contributed by atoms with Crippen molar-refractivity contribution in [3.05, 3.63) is 48.3 Å². The fourth-order valence-electron chi connectivity index (χ4n) is 6.08. The normalized spacial score (nSPS) is 20.4. The maximum absolute atomic E-state index is 13.9. The molecule has 12 nitrogen and oxygen atoms in total. The molecule has 4 rings (SSSR count). The molecule has 14 heteroatoms. The Hall–Kier alpha value is -3.40. The topological polar surface area (TPSA) is 164 Å². The molecule has 0 radical (unpaired) electrons. The molecule has 49 heavy (non-hydrogen) atoms. The Morgan fingerprint density at radius 1 is 1.18 bits per heavy atom. The minimum Gasteiger partial charge on any atom is -0.464 e. The number of halogens is 1. The van der Waals surface area contributed by atoms with Gasteiger partial charge in [0.05, 0.1) is 19.5 Å². The van der Waals surface area contributed by atoms with Gasteiger partial charge >= 0.3 is 12.0 Å². The number of carbonyl (C=O) groups is 1. The van der Waals surface area contributed by atoms with Crippen LogP contribution in [0.25, 0.3) is 11.2 Å². The van der Waals surface area contributed by atoms with Crippen LogP contribution in [0.5, 0.6) is 0 Å². The summed E-state index contributed by atoms with van der Waals surface area (Å²) in [4.78, 5) is 24.9. The quantitative estimate of drug-likeness (QED) is 0.0398. The van der Waals surface area contributed by atoms with Gasteiger partial charge in [-0.05, 0) is 30.7 Å². The lowest BCUT2D eigenvalue weighted by molar-refractivity contribution is -0.147. The van der Waals surface area contributed by atoms with Crippen LogP contribution in [0.1, 0.15) is 96.3 Å².